The topological polar surface area (TPSA) is 60.9 Å². The van der Waals surface area contributed by atoms with Gasteiger partial charge < -0.3 is 10.0 Å². The number of carboxylic acids is 1. The average molecular weight is 373 g/mol. The molecule has 5 nitrogen and oxygen atoms in total. The van der Waals surface area contributed by atoms with Gasteiger partial charge in [-0.3, -0.25) is 14.5 Å². The smallest absolute Gasteiger partial charge is 0.303 e. The van der Waals surface area contributed by atoms with Crippen molar-refractivity contribution in [2.24, 2.45) is 0 Å². The van der Waals surface area contributed by atoms with E-state index < -0.39 is 5.97 Å². The number of amides is 1. The number of piperazine rings is 1. The molecule has 7 heteroatoms. The van der Waals surface area contributed by atoms with Crippen molar-refractivity contribution in [2.75, 3.05) is 26.2 Å². The van der Waals surface area contributed by atoms with Gasteiger partial charge in [-0.25, -0.2) is 4.39 Å². The largest absolute Gasteiger partial charge is 0.481 e. The molecule has 0 saturated carbocycles. The highest BCUT2D eigenvalue weighted by Gasteiger charge is 2.22. The first-order valence-corrected chi connectivity index (χ1v) is 7.91. The number of halogens is 2. The molecule has 1 heterocycles. The molecular formula is C15H18BrFN2O3. The van der Waals surface area contributed by atoms with Gasteiger partial charge in [0.1, 0.15) is 5.82 Å². The maximum absolute atomic E-state index is 13.7. The number of hydrogen-bond acceptors (Lipinski definition) is 3. The van der Waals surface area contributed by atoms with Crippen molar-refractivity contribution in [3.63, 3.8) is 0 Å². The summed E-state index contributed by atoms with van der Waals surface area (Å²) >= 11 is 3.33. The molecule has 0 aliphatic carbocycles. The van der Waals surface area contributed by atoms with Crippen LogP contribution in [0.15, 0.2) is 22.7 Å². The number of benzene rings is 1. The monoisotopic (exact) mass is 372 g/mol. The van der Waals surface area contributed by atoms with Crippen LogP contribution in [0.5, 0.6) is 0 Å². The van der Waals surface area contributed by atoms with E-state index in [0.717, 1.165) is 4.47 Å². The number of carboxylic acid groups (broad SMARTS) is 1. The summed E-state index contributed by atoms with van der Waals surface area (Å²) in [5, 5.41) is 8.60. The van der Waals surface area contributed by atoms with E-state index in [1.165, 1.54) is 6.07 Å². The normalized spacial score (nSPS) is 15.8. The van der Waals surface area contributed by atoms with Crippen LogP contribution in [0, 0.1) is 5.82 Å². The highest BCUT2D eigenvalue weighted by atomic mass is 79.9. The van der Waals surface area contributed by atoms with Crippen LogP contribution >= 0.6 is 15.9 Å². The quantitative estimate of drug-likeness (QED) is 0.859. The van der Waals surface area contributed by atoms with E-state index in [9.17, 15) is 14.0 Å². The van der Waals surface area contributed by atoms with E-state index in [0.29, 0.717) is 38.3 Å². The highest BCUT2D eigenvalue weighted by Crippen LogP contribution is 2.18. The van der Waals surface area contributed by atoms with Crippen LogP contribution in [0.3, 0.4) is 0 Å². The fraction of sp³-hybridized carbons (Fsp3) is 0.467. The second-order valence-corrected chi connectivity index (χ2v) is 6.20. The summed E-state index contributed by atoms with van der Waals surface area (Å²) in [5.74, 6) is -1.32. The third-order valence-corrected chi connectivity index (χ3v) is 4.17. The Balaban J connectivity index is 1.83. The second-order valence-electron chi connectivity index (χ2n) is 5.29. The molecule has 1 aliphatic heterocycles. The Morgan fingerprint density at radius 2 is 1.86 bits per heavy atom. The van der Waals surface area contributed by atoms with Crippen LogP contribution in [-0.2, 0) is 16.1 Å². The lowest BCUT2D eigenvalue weighted by Crippen LogP contribution is -2.48. The lowest BCUT2D eigenvalue weighted by atomic mass is 10.1. The number of rotatable bonds is 5. The summed E-state index contributed by atoms with van der Waals surface area (Å²) in [6.45, 7) is 2.92. The van der Waals surface area contributed by atoms with E-state index in [1.807, 2.05) is 0 Å². The van der Waals surface area contributed by atoms with Crippen LogP contribution in [0.4, 0.5) is 4.39 Å². The molecule has 1 aromatic carbocycles. The predicted molar refractivity (Wildman–Crippen MR) is 82.8 cm³/mol. The van der Waals surface area contributed by atoms with Gasteiger partial charge in [0.15, 0.2) is 0 Å². The summed E-state index contributed by atoms with van der Waals surface area (Å²) in [6, 6.07) is 4.86. The van der Waals surface area contributed by atoms with Gasteiger partial charge in [0.05, 0.1) is 6.42 Å². The maximum atomic E-state index is 13.7. The van der Waals surface area contributed by atoms with E-state index in [2.05, 4.69) is 20.8 Å². The molecule has 1 fully saturated rings. The zero-order valence-electron chi connectivity index (χ0n) is 12.1. The fourth-order valence-electron chi connectivity index (χ4n) is 2.43. The Morgan fingerprint density at radius 1 is 1.18 bits per heavy atom. The van der Waals surface area contributed by atoms with Crippen molar-refractivity contribution >= 4 is 27.8 Å². The Kier molecular flexibility index (Phi) is 5.90. The van der Waals surface area contributed by atoms with Gasteiger partial charge in [-0.1, -0.05) is 15.9 Å². The number of nitrogens with zero attached hydrogens (tertiary/aromatic N) is 2. The minimum absolute atomic E-state index is 0.0373. The summed E-state index contributed by atoms with van der Waals surface area (Å²) in [6.07, 6.45) is -0.0993. The van der Waals surface area contributed by atoms with Gasteiger partial charge in [0, 0.05) is 49.2 Å². The lowest BCUT2D eigenvalue weighted by molar-refractivity contribution is -0.141. The second kappa shape index (κ2) is 7.69. The fourth-order valence-corrected chi connectivity index (χ4v) is 2.84. The molecule has 1 aliphatic rings. The molecule has 1 N–H and O–H groups in total. The Bertz CT molecular complexity index is 560. The molecule has 0 bridgehead atoms. The van der Waals surface area contributed by atoms with Gasteiger partial charge in [-0.05, 0) is 18.2 Å². The maximum Gasteiger partial charge on any atom is 0.303 e. The van der Waals surface area contributed by atoms with Gasteiger partial charge in [0.2, 0.25) is 5.91 Å². The van der Waals surface area contributed by atoms with Crippen molar-refractivity contribution in [1.29, 1.82) is 0 Å². The lowest BCUT2D eigenvalue weighted by Gasteiger charge is -2.34. The van der Waals surface area contributed by atoms with Gasteiger partial charge in [0.25, 0.3) is 0 Å². The Hall–Kier alpha value is -1.47. The van der Waals surface area contributed by atoms with Crippen LogP contribution in [-0.4, -0.2) is 53.0 Å². The number of aliphatic carboxylic acids is 1. The molecule has 0 aromatic heterocycles. The summed E-state index contributed by atoms with van der Waals surface area (Å²) in [4.78, 5) is 26.1. The summed E-state index contributed by atoms with van der Waals surface area (Å²) < 4.78 is 14.6. The summed E-state index contributed by atoms with van der Waals surface area (Å²) in [7, 11) is 0. The molecule has 0 radical (unpaired) electrons. The molecule has 1 aromatic rings. The van der Waals surface area contributed by atoms with E-state index in [-0.39, 0.29) is 24.6 Å². The van der Waals surface area contributed by atoms with Crippen LogP contribution in [0.25, 0.3) is 0 Å². The molecule has 1 amide bonds. The van der Waals surface area contributed by atoms with Gasteiger partial charge >= 0.3 is 5.97 Å². The molecule has 0 atom stereocenters. The van der Waals surface area contributed by atoms with Crippen LogP contribution < -0.4 is 0 Å². The standard InChI is InChI=1S/C15H18BrFN2O3/c16-12-1-2-13(17)11(9-12)10-18-5-7-19(8-6-18)14(20)3-4-15(21)22/h1-2,9H,3-8,10H2,(H,21,22). The number of carbonyl (C=O) groups is 2. The first-order valence-electron chi connectivity index (χ1n) is 7.11. The van der Waals surface area contributed by atoms with E-state index in [1.54, 1.807) is 17.0 Å². The third-order valence-electron chi connectivity index (χ3n) is 3.68. The van der Waals surface area contributed by atoms with Gasteiger partial charge in [-0.2, -0.15) is 0 Å². The predicted octanol–water partition coefficient (Wildman–Crippen LogP) is 2.10. The summed E-state index contributed by atoms with van der Waals surface area (Å²) in [5.41, 5.74) is 0.625. The van der Waals surface area contributed by atoms with Crippen molar-refractivity contribution in [1.82, 2.24) is 9.80 Å². The van der Waals surface area contributed by atoms with Crippen molar-refractivity contribution in [3.05, 3.63) is 34.1 Å². The minimum Gasteiger partial charge on any atom is -0.481 e. The zero-order chi connectivity index (χ0) is 16.1. The van der Waals surface area contributed by atoms with Crippen molar-refractivity contribution in [2.45, 2.75) is 19.4 Å². The average Bonchev–Trinajstić information content (AvgIpc) is 2.49. The van der Waals surface area contributed by atoms with Crippen molar-refractivity contribution in [3.8, 4) is 0 Å². The molecule has 1 saturated heterocycles. The van der Waals surface area contributed by atoms with Crippen molar-refractivity contribution < 1.29 is 19.1 Å². The van der Waals surface area contributed by atoms with E-state index >= 15 is 0 Å². The zero-order valence-corrected chi connectivity index (χ0v) is 13.7. The number of carbonyl (C=O) groups excluding carboxylic acids is 1. The van der Waals surface area contributed by atoms with Crippen LogP contribution in [0.1, 0.15) is 18.4 Å². The Labute approximate surface area is 136 Å². The first kappa shape index (κ1) is 16.9. The Morgan fingerprint density at radius 3 is 2.50 bits per heavy atom. The number of hydrogen-bond donors (Lipinski definition) is 1. The van der Waals surface area contributed by atoms with Gasteiger partial charge in [-0.15, -0.1) is 0 Å². The molecule has 2 rings (SSSR count). The third kappa shape index (κ3) is 4.78. The highest BCUT2D eigenvalue weighted by molar-refractivity contribution is 9.10. The molecule has 0 spiro atoms. The molecular weight excluding hydrogens is 355 g/mol. The molecule has 0 unspecified atom stereocenters. The first-order chi connectivity index (χ1) is 10.5. The SMILES string of the molecule is O=C(O)CCC(=O)N1CCN(Cc2cc(Br)ccc2F)CC1. The molecule has 22 heavy (non-hydrogen) atoms. The molecule has 120 valence electrons. The van der Waals surface area contributed by atoms with E-state index in [4.69, 9.17) is 5.11 Å². The van der Waals surface area contributed by atoms with Crippen LogP contribution in [0.2, 0.25) is 0 Å². The minimum atomic E-state index is -0.961.